The minimum absolute atomic E-state index is 0.306. The third-order valence-corrected chi connectivity index (χ3v) is 6.18. The molecule has 1 aromatic heterocycles. The number of piperidine rings is 1. The van der Waals surface area contributed by atoms with Crippen LogP contribution in [0, 0.1) is 0 Å². The van der Waals surface area contributed by atoms with Crippen LogP contribution in [0.4, 0.5) is 0 Å². The number of aliphatic hydroxyl groups excluding tert-OH is 1. The van der Waals surface area contributed by atoms with Gasteiger partial charge in [0.2, 0.25) is 0 Å². The Morgan fingerprint density at radius 1 is 1.15 bits per heavy atom. The summed E-state index contributed by atoms with van der Waals surface area (Å²) in [5.74, 6) is 1.88. The minimum Gasteiger partial charge on any atom is -0.487 e. The molecule has 4 nitrogen and oxygen atoms in total. The quantitative estimate of drug-likeness (QED) is 0.866. The van der Waals surface area contributed by atoms with E-state index in [2.05, 4.69) is 24.8 Å². The van der Waals surface area contributed by atoms with E-state index in [0.29, 0.717) is 25.2 Å². The summed E-state index contributed by atoms with van der Waals surface area (Å²) in [6.07, 6.45) is 7.79. The first-order valence-corrected chi connectivity index (χ1v) is 10.2. The topological polar surface area (TPSA) is 45.8 Å². The number of aryl methyl sites for hydroxylation is 2. The molecule has 2 aromatic rings. The predicted octanol–water partition coefficient (Wildman–Crippen LogP) is 4.31. The molecule has 0 bridgehead atoms. The molecule has 1 saturated heterocycles. The van der Waals surface area contributed by atoms with Gasteiger partial charge in [-0.3, -0.25) is 4.90 Å². The Balaban J connectivity index is 1.43. The van der Waals surface area contributed by atoms with Gasteiger partial charge in [-0.25, -0.2) is 0 Å². The Kier molecular flexibility index (Phi) is 5.23. The van der Waals surface area contributed by atoms with Crippen molar-refractivity contribution in [2.75, 3.05) is 13.2 Å². The SMILES string of the molecule is CC1CCCC(C)N1CC(O)COc1cccc2c3c(oc12)CCCC3. The number of rotatable bonds is 5. The minimum atomic E-state index is -0.488. The van der Waals surface area contributed by atoms with E-state index in [4.69, 9.17) is 9.15 Å². The number of furan rings is 1. The lowest BCUT2D eigenvalue weighted by molar-refractivity contribution is 0.0210. The zero-order chi connectivity index (χ0) is 18.1. The molecule has 4 rings (SSSR count). The van der Waals surface area contributed by atoms with Gasteiger partial charge in [-0.05, 0) is 52.0 Å². The van der Waals surface area contributed by atoms with Gasteiger partial charge >= 0.3 is 0 Å². The van der Waals surface area contributed by atoms with Gasteiger partial charge in [0.25, 0.3) is 0 Å². The fourth-order valence-electron chi connectivity index (χ4n) is 4.69. The maximum absolute atomic E-state index is 10.5. The normalized spacial score (nSPS) is 25.2. The fourth-order valence-corrected chi connectivity index (χ4v) is 4.69. The van der Waals surface area contributed by atoms with Gasteiger partial charge in [0.1, 0.15) is 18.5 Å². The number of hydrogen-bond donors (Lipinski definition) is 1. The van der Waals surface area contributed by atoms with E-state index in [-0.39, 0.29) is 0 Å². The third kappa shape index (κ3) is 3.49. The van der Waals surface area contributed by atoms with E-state index in [1.54, 1.807) is 0 Å². The van der Waals surface area contributed by atoms with Gasteiger partial charge < -0.3 is 14.3 Å². The predicted molar refractivity (Wildman–Crippen MR) is 104 cm³/mol. The molecule has 142 valence electrons. The van der Waals surface area contributed by atoms with E-state index in [0.717, 1.165) is 29.9 Å². The average molecular weight is 357 g/mol. The third-order valence-electron chi connectivity index (χ3n) is 6.18. The molecule has 3 unspecified atom stereocenters. The van der Waals surface area contributed by atoms with Crippen LogP contribution in [0.3, 0.4) is 0 Å². The summed E-state index contributed by atoms with van der Waals surface area (Å²) in [5.41, 5.74) is 2.21. The number of likely N-dealkylation sites (tertiary alicyclic amines) is 1. The summed E-state index contributed by atoms with van der Waals surface area (Å²) < 4.78 is 12.1. The summed E-state index contributed by atoms with van der Waals surface area (Å²) in [6.45, 7) is 5.50. The first-order chi connectivity index (χ1) is 12.6. The standard InChI is InChI=1S/C22H31NO3/c1-15-7-5-8-16(2)23(15)13-17(24)14-25-21-12-6-10-19-18-9-3-4-11-20(18)26-22(19)21/h6,10,12,15-17,24H,3-5,7-9,11,13-14H2,1-2H3. The molecule has 0 spiro atoms. The van der Waals surface area contributed by atoms with Gasteiger partial charge in [-0.15, -0.1) is 0 Å². The number of fused-ring (bicyclic) bond motifs is 3. The van der Waals surface area contributed by atoms with E-state index in [1.807, 2.05) is 12.1 Å². The van der Waals surface area contributed by atoms with E-state index >= 15 is 0 Å². The Morgan fingerprint density at radius 3 is 2.73 bits per heavy atom. The van der Waals surface area contributed by atoms with E-state index in [9.17, 15) is 5.11 Å². The second kappa shape index (κ2) is 7.61. The van der Waals surface area contributed by atoms with Gasteiger partial charge in [-0.2, -0.15) is 0 Å². The largest absolute Gasteiger partial charge is 0.487 e. The van der Waals surface area contributed by atoms with Crippen molar-refractivity contribution in [1.82, 2.24) is 4.90 Å². The summed E-state index contributed by atoms with van der Waals surface area (Å²) in [7, 11) is 0. The lowest BCUT2D eigenvalue weighted by Crippen LogP contribution is -2.48. The summed E-state index contributed by atoms with van der Waals surface area (Å²) in [5, 5.41) is 11.7. The lowest BCUT2D eigenvalue weighted by atomic mass is 9.96. The molecule has 2 heterocycles. The number of para-hydroxylation sites is 1. The van der Waals surface area contributed by atoms with Crippen molar-refractivity contribution < 1.29 is 14.3 Å². The van der Waals surface area contributed by atoms with Crippen LogP contribution in [0.5, 0.6) is 5.75 Å². The second-order valence-corrected chi connectivity index (χ2v) is 8.13. The molecule has 2 aliphatic rings. The summed E-state index contributed by atoms with van der Waals surface area (Å²) in [4.78, 5) is 2.42. The number of hydrogen-bond acceptors (Lipinski definition) is 4. The summed E-state index contributed by atoms with van der Waals surface area (Å²) in [6, 6.07) is 7.19. The van der Waals surface area contributed by atoms with Crippen molar-refractivity contribution in [1.29, 1.82) is 0 Å². The maximum atomic E-state index is 10.5. The highest BCUT2D eigenvalue weighted by atomic mass is 16.5. The van der Waals surface area contributed by atoms with Crippen molar-refractivity contribution in [3.05, 3.63) is 29.5 Å². The molecular formula is C22H31NO3. The molecule has 1 fully saturated rings. The lowest BCUT2D eigenvalue weighted by Gasteiger charge is -2.40. The average Bonchev–Trinajstić information content (AvgIpc) is 3.02. The Hall–Kier alpha value is -1.52. The number of ether oxygens (including phenoxy) is 1. The fraction of sp³-hybridized carbons (Fsp3) is 0.636. The Morgan fingerprint density at radius 2 is 1.92 bits per heavy atom. The molecule has 1 aromatic carbocycles. The molecule has 0 saturated carbocycles. The van der Waals surface area contributed by atoms with Crippen LogP contribution in [0.1, 0.15) is 57.3 Å². The molecule has 0 amide bonds. The molecule has 0 radical (unpaired) electrons. The Bertz CT molecular complexity index is 743. The monoisotopic (exact) mass is 357 g/mol. The van der Waals surface area contributed by atoms with Crippen LogP contribution < -0.4 is 4.74 Å². The number of β-amino-alcohol motifs (C(OH)–C–C–N with tert-alkyl or cyclic N) is 1. The van der Waals surface area contributed by atoms with Crippen molar-refractivity contribution in [3.63, 3.8) is 0 Å². The zero-order valence-corrected chi connectivity index (χ0v) is 16.0. The van der Waals surface area contributed by atoms with E-state index in [1.165, 1.54) is 43.1 Å². The first-order valence-electron chi connectivity index (χ1n) is 10.2. The molecule has 4 heteroatoms. The van der Waals surface area contributed by atoms with Crippen LogP contribution in [0.15, 0.2) is 22.6 Å². The Labute approximate surface area is 156 Å². The smallest absolute Gasteiger partial charge is 0.176 e. The molecule has 1 aliphatic carbocycles. The van der Waals surface area contributed by atoms with Crippen molar-refractivity contribution in [3.8, 4) is 5.75 Å². The highest BCUT2D eigenvalue weighted by Gasteiger charge is 2.27. The van der Waals surface area contributed by atoms with Gasteiger partial charge in [-0.1, -0.05) is 18.6 Å². The van der Waals surface area contributed by atoms with Gasteiger partial charge in [0.15, 0.2) is 11.3 Å². The van der Waals surface area contributed by atoms with Crippen molar-refractivity contribution >= 4 is 11.0 Å². The van der Waals surface area contributed by atoms with Crippen LogP contribution in [0.2, 0.25) is 0 Å². The highest BCUT2D eigenvalue weighted by molar-refractivity contribution is 5.87. The molecule has 1 N–H and O–H groups in total. The number of aliphatic hydroxyl groups is 1. The second-order valence-electron chi connectivity index (χ2n) is 8.13. The van der Waals surface area contributed by atoms with Crippen LogP contribution >= 0.6 is 0 Å². The number of benzene rings is 1. The maximum Gasteiger partial charge on any atom is 0.176 e. The highest BCUT2D eigenvalue weighted by Crippen LogP contribution is 2.36. The molecular weight excluding hydrogens is 326 g/mol. The zero-order valence-electron chi connectivity index (χ0n) is 16.0. The van der Waals surface area contributed by atoms with Crippen LogP contribution in [-0.2, 0) is 12.8 Å². The van der Waals surface area contributed by atoms with Crippen LogP contribution in [-0.4, -0.2) is 41.3 Å². The van der Waals surface area contributed by atoms with Gasteiger partial charge in [0, 0.05) is 36.0 Å². The van der Waals surface area contributed by atoms with Crippen molar-refractivity contribution in [2.24, 2.45) is 0 Å². The first kappa shape index (κ1) is 17.9. The molecule has 1 aliphatic heterocycles. The molecule has 3 atom stereocenters. The van der Waals surface area contributed by atoms with Crippen molar-refractivity contribution in [2.45, 2.75) is 77.0 Å². The van der Waals surface area contributed by atoms with Crippen LogP contribution in [0.25, 0.3) is 11.0 Å². The summed E-state index contributed by atoms with van der Waals surface area (Å²) >= 11 is 0. The molecule has 26 heavy (non-hydrogen) atoms. The number of nitrogens with zero attached hydrogens (tertiary/aromatic N) is 1. The van der Waals surface area contributed by atoms with Gasteiger partial charge in [0.05, 0.1) is 0 Å². The van der Waals surface area contributed by atoms with E-state index < -0.39 is 6.10 Å².